The molecule has 3 N–H and O–H groups in total. The van der Waals surface area contributed by atoms with Crippen LogP contribution in [0.1, 0.15) is 5.56 Å². The van der Waals surface area contributed by atoms with Gasteiger partial charge in [-0.3, -0.25) is 9.67 Å². The lowest BCUT2D eigenvalue weighted by molar-refractivity contribution is 0.415. The van der Waals surface area contributed by atoms with Crippen molar-refractivity contribution in [3.63, 3.8) is 0 Å². The highest BCUT2D eigenvalue weighted by atomic mass is 127. The number of nitrogens with two attached hydrogens (primary N) is 1. The third-order valence-electron chi connectivity index (χ3n) is 2.80. The molecular formula is C14H19ClIN5O. The van der Waals surface area contributed by atoms with Gasteiger partial charge in [0.15, 0.2) is 5.96 Å². The number of hydrogen-bond donors (Lipinski definition) is 2. The van der Waals surface area contributed by atoms with Gasteiger partial charge in [-0.15, -0.1) is 24.0 Å². The lowest BCUT2D eigenvalue weighted by atomic mass is 10.3. The number of aryl methyl sites for hydroxylation is 1. The monoisotopic (exact) mass is 435 g/mol. The number of halogens is 2. The van der Waals surface area contributed by atoms with Crippen molar-refractivity contribution < 1.29 is 4.74 Å². The van der Waals surface area contributed by atoms with Gasteiger partial charge in [0.25, 0.3) is 0 Å². The molecule has 1 aromatic carbocycles. The Hall–Kier alpha value is -1.48. The maximum Gasteiger partial charge on any atom is 0.193 e. The normalized spacial score (nSPS) is 11.0. The number of guanidine groups is 1. The van der Waals surface area contributed by atoms with Gasteiger partial charge in [-0.2, -0.15) is 5.10 Å². The topological polar surface area (TPSA) is 77.5 Å². The van der Waals surface area contributed by atoms with Crippen LogP contribution >= 0.6 is 35.6 Å². The molecule has 0 saturated heterocycles. The fourth-order valence-corrected chi connectivity index (χ4v) is 2.05. The van der Waals surface area contributed by atoms with Gasteiger partial charge in [0.1, 0.15) is 5.75 Å². The Morgan fingerprint density at radius 3 is 2.86 bits per heavy atom. The number of benzene rings is 1. The van der Waals surface area contributed by atoms with E-state index in [0.717, 1.165) is 11.3 Å². The number of nitrogens with one attached hydrogen (secondary N) is 1. The van der Waals surface area contributed by atoms with Gasteiger partial charge in [-0.25, -0.2) is 0 Å². The van der Waals surface area contributed by atoms with Crippen LogP contribution in [-0.4, -0.2) is 29.4 Å². The van der Waals surface area contributed by atoms with Crippen molar-refractivity contribution in [1.29, 1.82) is 0 Å². The molecule has 0 amide bonds. The quantitative estimate of drug-likeness (QED) is 0.430. The molecule has 6 nitrogen and oxygen atoms in total. The molecule has 22 heavy (non-hydrogen) atoms. The molecule has 0 unspecified atom stereocenters. The number of hydrogen-bond acceptors (Lipinski definition) is 3. The van der Waals surface area contributed by atoms with Crippen LogP contribution in [0, 0.1) is 6.92 Å². The number of anilines is 1. The third-order valence-corrected chi connectivity index (χ3v) is 3.09. The molecule has 2 aromatic rings. The molecule has 0 saturated carbocycles. The van der Waals surface area contributed by atoms with E-state index in [1.807, 2.05) is 30.1 Å². The summed E-state index contributed by atoms with van der Waals surface area (Å²) in [6, 6.07) is 5.33. The van der Waals surface area contributed by atoms with Crippen molar-refractivity contribution in [3.8, 4) is 5.75 Å². The minimum absolute atomic E-state index is 0. The largest absolute Gasteiger partial charge is 0.495 e. The molecule has 0 aliphatic carbocycles. The summed E-state index contributed by atoms with van der Waals surface area (Å²) in [5.41, 5.74) is 7.71. The highest BCUT2D eigenvalue weighted by Crippen LogP contribution is 2.26. The fourth-order valence-electron chi connectivity index (χ4n) is 1.79. The molecule has 0 radical (unpaired) electrons. The van der Waals surface area contributed by atoms with E-state index in [0.29, 0.717) is 29.8 Å². The highest BCUT2D eigenvalue weighted by Gasteiger charge is 2.02. The highest BCUT2D eigenvalue weighted by molar-refractivity contribution is 14.0. The van der Waals surface area contributed by atoms with Crippen molar-refractivity contribution in [2.75, 3.05) is 19.0 Å². The van der Waals surface area contributed by atoms with Crippen molar-refractivity contribution in [3.05, 3.63) is 41.2 Å². The van der Waals surface area contributed by atoms with Gasteiger partial charge in [0, 0.05) is 11.9 Å². The minimum atomic E-state index is 0. The average molecular weight is 436 g/mol. The summed E-state index contributed by atoms with van der Waals surface area (Å²) in [5, 5.41) is 7.68. The zero-order valence-corrected chi connectivity index (χ0v) is 15.5. The maximum absolute atomic E-state index is 6.04. The van der Waals surface area contributed by atoms with Crippen molar-refractivity contribution >= 4 is 47.2 Å². The van der Waals surface area contributed by atoms with Gasteiger partial charge in [0.05, 0.1) is 31.4 Å². The van der Waals surface area contributed by atoms with Crippen molar-refractivity contribution in [1.82, 2.24) is 9.78 Å². The first-order valence-corrected chi connectivity index (χ1v) is 6.86. The molecule has 0 bridgehead atoms. The third kappa shape index (κ3) is 5.38. The van der Waals surface area contributed by atoms with E-state index in [9.17, 15) is 0 Å². The second-order valence-corrected chi connectivity index (χ2v) is 4.93. The number of aromatic nitrogens is 2. The van der Waals surface area contributed by atoms with Crippen LogP contribution < -0.4 is 15.8 Å². The molecule has 2 rings (SSSR count). The van der Waals surface area contributed by atoms with Crippen LogP contribution in [0.4, 0.5) is 5.69 Å². The molecular weight excluding hydrogens is 417 g/mol. The summed E-state index contributed by atoms with van der Waals surface area (Å²) in [6.07, 6.45) is 3.77. The number of methoxy groups -OCH3 is 1. The van der Waals surface area contributed by atoms with Gasteiger partial charge in [-0.05, 0) is 30.7 Å². The van der Waals surface area contributed by atoms with Crippen LogP contribution in [0.15, 0.2) is 35.6 Å². The van der Waals surface area contributed by atoms with Crippen LogP contribution in [0.2, 0.25) is 5.02 Å². The summed E-state index contributed by atoms with van der Waals surface area (Å²) in [4.78, 5) is 4.24. The molecule has 8 heteroatoms. The van der Waals surface area contributed by atoms with Crippen LogP contribution in [0.3, 0.4) is 0 Å². The van der Waals surface area contributed by atoms with Crippen molar-refractivity contribution in [2.24, 2.45) is 10.7 Å². The summed E-state index contributed by atoms with van der Waals surface area (Å²) < 4.78 is 6.92. The standard InChI is InChI=1S/C14H18ClN5O.HI/c1-10-8-18-20(9-10)6-5-17-14(16)19-11-3-4-13(21-2)12(15)7-11;/h3-4,7-9H,5-6H2,1-2H3,(H3,16,17,19);1H. The maximum atomic E-state index is 6.04. The number of rotatable bonds is 5. The second-order valence-electron chi connectivity index (χ2n) is 4.52. The first-order valence-electron chi connectivity index (χ1n) is 6.48. The molecule has 0 spiro atoms. The number of nitrogens with zero attached hydrogens (tertiary/aromatic N) is 3. The summed E-state index contributed by atoms with van der Waals surface area (Å²) in [7, 11) is 1.57. The first kappa shape index (κ1) is 18.6. The lowest BCUT2D eigenvalue weighted by Gasteiger charge is -2.08. The fraction of sp³-hybridized carbons (Fsp3) is 0.286. The van der Waals surface area contributed by atoms with E-state index in [1.54, 1.807) is 19.2 Å². The van der Waals surface area contributed by atoms with E-state index in [-0.39, 0.29) is 24.0 Å². The van der Waals surface area contributed by atoms with Crippen LogP contribution in [-0.2, 0) is 6.54 Å². The molecule has 0 aliphatic rings. The lowest BCUT2D eigenvalue weighted by Crippen LogP contribution is -2.23. The van der Waals surface area contributed by atoms with Crippen molar-refractivity contribution in [2.45, 2.75) is 13.5 Å². The minimum Gasteiger partial charge on any atom is -0.495 e. The Morgan fingerprint density at radius 1 is 1.50 bits per heavy atom. The van der Waals surface area contributed by atoms with E-state index in [4.69, 9.17) is 22.1 Å². The van der Waals surface area contributed by atoms with Gasteiger partial charge >= 0.3 is 0 Å². The zero-order valence-electron chi connectivity index (χ0n) is 12.4. The first-order chi connectivity index (χ1) is 10.1. The van der Waals surface area contributed by atoms with E-state index in [2.05, 4.69) is 15.4 Å². The Balaban J connectivity index is 0.00000242. The molecule has 1 heterocycles. The molecule has 120 valence electrons. The molecule has 0 atom stereocenters. The summed E-state index contributed by atoms with van der Waals surface area (Å²) in [5.74, 6) is 0.951. The molecule has 0 aliphatic heterocycles. The Morgan fingerprint density at radius 2 is 2.27 bits per heavy atom. The van der Waals surface area contributed by atoms with E-state index in [1.165, 1.54) is 0 Å². The Kier molecular flexibility index (Phi) is 7.46. The SMILES string of the molecule is COc1ccc(NC(N)=NCCn2cc(C)cn2)cc1Cl.I. The predicted molar refractivity (Wildman–Crippen MR) is 100 cm³/mol. The molecule has 0 fully saturated rings. The van der Waals surface area contributed by atoms with Gasteiger partial charge < -0.3 is 15.8 Å². The molecule has 1 aromatic heterocycles. The number of ether oxygens (including phenoxy) is 1. The van der Waals surface area contributed by atoms with Crippen LogP contribution in [0.25, 0.3) is 0 Å². The second kappa shape index (κ2) is 8.84. The summed E-state index contributed by atoms with van der Waals surface area (Å²) >= 11 is 6.04. The van der Waals surface area contributed by atoms with Gasteiger partial charge in [0.2, 0.25) is 0 Å². The van der Waals surface area contributed by atoms with Crippen LogP contribution in [0.5, 0.6) is 5.75 Å². The van der Waals surface area contributed by atoms with Gasteiger partial charge in [-0.1, -0.05) is 11.6 Å². The Bertz CT molecular complexity index is 644. The predicted octanol–water partition coefficient (Wildman–Crippen LogP) is 2.90. The zero-order chi connectivity index (χ0) is 15.2. The van der Waals surface area contributed by atoms with E-state index >= 15 is 0 Å². The number of aliphatic imine (C=N–C) groups is 1. The average Bonchev–Trinajstić information content (AvgIpc) is 2.84. The smallest absolute Gasteiger partial charge is 0.193 e. The summed E-state index contributed by atoms with van der Waals surface area (Å²) in [6.45, 7) is 3.22. The Labute approximate surface area is 151 Å². The van der Waals surface area contributed by atoms with E-state index < -0.39 is 0 Å².